The number of likely N-dealkylation sites (tertiary alicyclic amines) is 2. The molecule has 0 saturated carbocycles. The van der Waals surface area contributed by atoms with Crippen molar-refractivity contribution in [2.24, 2.45) is 5.92 Å². The second kappa shape index (κ2) is 5.69. The van der Waals surface area contributed by atoms with Gasteiger partial charge in [0.2, 0.25) is 11.8 Å². The summed E-state index contributed by atoms with van der Waals surface area (Å²) < 4.78 is 0. The normalized spacial score (nSPS) is 26.2. The number of hydrogen-bond donors (Lipinski definition) is 1. The van der Waals surface area contributed by atoms with Crippen LogP contribution in [0, 0.1) is 5.92 Å². The highest BCUT2D eigenvalue weighted by atomic mass is 16.4. The van der Waals surface area contributed by atoms with Gasteiger partial charge in [-0.25, -0.2) is 0 Å². The maximum Gasteiger partial charge on any atom is 0.303 e. The second-order valence-electron chi connectivity index (χ2n) is 5.42. The van der Waals surface area contributed by atoms with Crippen molar-refractivity contribution < 1.29 is 19.5 Å². The van der Waals surface area contributed by atoms with E-state index in [1.54, 1.807) is 0 Å². The average Bonchev–Trinajstić information content (AvgIpc) is 2.65. The Kier molecular flexibility index (Phi) is 4.19. The molecule has 2 fully saturated rings. The van der Waals surface area contributed by atoms with Crippen molar-refractivity contribution in [3.8, 4) is 0 Å². The maximum absolute atomic E-state index is 11.9. The van der Waals surface area contributed by atoms with Crippen molar-refractivity contribution >= 4 is 17.8 Å². The van der Waals surface area contributed by atoms with Gasteiger partial charge in [-0.05, 0) is 38.3 Å². The molecular weight excluding hydrogens is 248 g/mol. The molecule has 0 radical (unpaired) electrons. The average molecular weight is 268 g/mol. The lowest BCUT2D eigenvalue weighted by Crippen LogP contribution is -2.45. The molecule has 1 unspecified atom stereocenters. The lowest BCUT2D eigenvalue weighted by atomic mass is 9.91. The number of carbonyl (C=O) groups excluding carboxylic acids is 2. The van der Waals surface area contributed by atoms with E-state index in [2.05, 4.69) is 4.90 Å². The largest absolute Gasteiger partial charge is 0.481 e. The molecule has 2 saturated heterocycles. The molecular formula is C13H20N2O4. The van der Waals surface area contributed by atoms with Gasteiger partial charge >= 0.3 is 5.97 Å². The Balaban J connectivity index is 1.82. The van der Waals surface area contributed by atoms with Gasteiger partial charge in [-0.1, -0.05) is 0 Å². The van der Waals surface area contributed by atoms with Crippen LogP contribution in [-0.2, 0) is 14.4 Å². The Morgan fingerprint density at radius 1 is 1.32 bits per heavy atom. The number of nitrogens with zero attached hydrogens (tertiary/aromatic N) is 2. The van der Waals surface area contributed by atoms with E-state index >= 15 is 0 Å². The van der Waals surface area contributed by atoms with Crippen LogP contribution in [0.5, 0.6) is 0 Å². The van der Waals surface area contributed by atoms with Crippen molar-refractivity contribution in [2.45, 2.75) is 38.1 Å². The predicted molar refractivity (Wildman–Crippen MR) is 67.3 cm³/mol. The van der Waals surface area contributed by atoms with Crippen molar-refractivity contribution in [1.29, 1.82) is 0 Å². The third kappa shape index (κ3) is 3.12. The van der Waals surface area contributed by atoms with Crippen molar-refractivity contribution in [1.82, 2.24) is 9.80 Å². The van der Waals surface area contributed by atoms with E-state index < -0.39 is 5.97 Å². The molecule has 1 N–H and O–H groups in total. The van der Waals surface area contributed by atoms with Crippen molar-refractivity contribution in [3.63, 3.8) is 0 Å². The maximum atomic E-state index is 11.9. The number of carboxylic acids is 1. The Morgan fingerprint density at radius 2 is 1.95 bits per heavy atom. The SMILES string of the molecule is CN1C(=O)CC(N2CCC(CCC(=O)O)CC2)C1=O. The first-order valence-corrected chi connectivity index (χ1v) is 6.75. The molecule has 0 aromatic carbocycles. The molecule has 1 atom stereocenters. The lowest BCUT2D eigenvalue weighted by molar-refractivity contribution is -0.138. The fraction of sp³-hybridized carbons (Fsp3) is 0.769. The van der Waals surface area contributed by atoms with Gasteiger partial charge in [0, 0.05) is 13.5 Å². The topological polar surface area (TPSA) is 77.9 Å². The Hall–Kier alpha value is -1.43. The van der Waals surface area contributed by atoms with Gasteiger partial charge in [-0.15, -0.1) is 0 Å². The number of imide groups is 1. The third-order valence-corrected chi connectivity index (χ3v) is 4.21. The van der Waals surface area contributed by atoms with Crippen LogP contribution in [0.1, 0.15) is 32.1 Å². The Bertz CT molecular complexity index is 388. The van der Waals surface area contributed by atoms with E-state index in [-0.39, 0.29) is 30.7 Å². The number of carboxylic acid groups (broad SMARTS) is 1. The fourth-order valence-electron chi connectivity index (χ4n) is 2.90. The van der Waals surface area contributed by atoms with Crippen LogP contribution < -0.4 is 0 Å². The first-order valence-electron chi connectivity index (χ1n) is 6.75. The summed E-state index contributed by atoms with van der Waals surface area (Å²) in [6, 6.07) is -0.294. The molecule has 2 rings (SSSR count). The highest BCUT2D eigenvalue weighted by Crippen LogP contribution is 2.26. The summed E-state index contributed by atoms with van der Waals surface area (Å²) in [5.74, 6) is -0.533. The summed E-state index contributed by atoms with van der Waals surface area (Å²) >= 11 is 0. The third-order valence-electron chi connectivity index (χ3n) is 4.21. The molecule has 19 heavy (non-hydrogen) atoms. The summed E-state index contributed by atoms with van der Waals surface area (Å²) in [5, 5.41) is 8.66. The lowest BCUT2D eigenvalue weighted by Gasteiger charge is -2.34. The molecule has 106 valence electrons. The van der Waals surface area contributed by atoms with Gasteiger partial charge in [0.25, 0.3) is 0 Å². The quantitative estimate of drug-likeness (QED) is 0.743. The van der Waals surface area contributed by atoms with Gasteiger partial charge in [0.15, 0.2) is 0 Å². The number of aliphatic carboxylic acids is 1. The number of hydrogen-bond acceptors (Lipinski definition) is 4. The van der Waals surface area contributed by atoms with Crippen LogP contribution >= 0.6 is 0 Å². The molecule has 0 spiro atoms. The van der Waals surface area contributed by atoms with Gasteiger partial charge in [-0.3, -0.25) is 24.2 Å². The summed E-state index contributed by atoms with van der Waals surface area (Å²) in [7, 11) is 1.53. The zero-order valence-electron chi connectivity index (χ0n) is 11.2. The molecule has 0 bridgehead atoms. The molecule has 2 aliphatic rings. The summed E-state index contributed by atoms with van der Waals surface area (Å²) in [5.41, 5.74) is 0. The molecule has 0 aliphatic carbocycles. The minimum atomic E-state index is -0.749. The molecule has 6 heteroatoms. The highest BCUT2D eigenvalue weighted by molar-refractivity contribution is 6.05. The van der Waals surface area contributed by atoms with Crippen LogP contribution in [0.2, 0.25) is 0 Å². The zero-order valence-corrected chi connectivity index (χ0v) is 11.2. The van der Waals surface area contributed by atoms with Crippen LogP contribution in [0.3, 0.4) is 0 Å². The van der Waals surface area contributed by atoms with E-state index in [0.29, 0.717) is 12.3 Å². The van der Waals surface area contributed by atoms with Gasteiger partial charge < -0.3 is 5.11 Å². The number of piperidine rings is 1. The standard InChI is InChI=1S/C13H20N2O4/c1-14-11(16)8-10(13(14)19)15-6-4-9(5-7-15)2-3-12(17)18/h9-10H,2-8H2,1H3,(H,17,18). The monoisotopic (exact) mass is 268 g/mol. The highest BCUT2D eigenvalue weighted by Gasteiger charge is 2.40. The zero-order chi connectivity index (χ0) is 14.0. The summed E-state index contributed by atoms with van der Waals surface area (Å²) in [4.78, 5) is 37.2. The van der Waals surface area contributed by atoms with E-state index in [1.165, 1.54) is 11.9 Å². The number of rotatable bonds is 4. The molecule has 0 aromatic heterocycles. The molecule has 2 heterocycles. The second-order valence-corrected chi connectivity index (χ2v) is 5.42. The number of likely N-dealkylation sites (N-methyl/N-ethyl adjacent to an activating group) is 1. The first kappa shape index (κ1) is 14.0. The molecule has 2 aliphatic heterocycles. The van der Waals surface area contributed by atoms with E-state index in [4.69, 9.17) is 5.11 Å². The van der Waals surface area contributed by atoms with Gasteiger partial charge in [-0.2, -0.15) is 0 Å². The smallest absolute Gasteiger partial charge is 0.303 e. The van der Waals surface area contributed by atoms with Crippen LogP contribution in [0.15, 0.2) is 0 Å². The molecule has 6 nitrogen and oxygen atoms in total. The van der Waals surface area contributed by atoms with Crippen molar-refractivity contribution in [3.05, 3.63) is 0 Å². The fourth-order valence-corrected chi connectivity index (χ4v) is 2.90. The van der Waals surface area contributed by atoms with Gasteiger partial charge in [0.1, 0.15) is 0 Å². The van der Waals surface area contributed by atoms with Crippen molar-refractivity contribution in [2.75, 3.05) is 20.1 Å². The molecule has 0 aromatic rings. The van der Waals surface area contributed by atoms with Gasteiger partial charge in [0.05, 0.1) is 12.5 Å². The summed E-state index contributed by atoms with van der Waals surface area (Å²) in [6.07, 6.45) is 3.04. The number of amides is 2. The van der Waals surface area contributed by atoms with E-state index in [1.807, 2.05) is 0 Å². The first-order chi connectivity index (χ1) is 8.99. The minimum Gasteiger partial charge on any atom is -0.481 e. The molecule has 2 amide bonds. The van der Waals surface area contributed by atoms with E-state index in [9.17, 15) is 14.4 Å². The van der Waals surface area contributed by atoms with Crippen LogP contribution in [0.25, 0.3) is 0 Å². The van der Waals surface area contributed by atoms with Crippen LogP contribution in [0.4, 0.5) is 0 Å². The Morgan fingerprint density at radius 3 is 2.42 bits per heavy atom. The Labute approximate surface area is 112 Å². The predicted octanol–water partition coefficient (Wildman–Crippen LogP) is 0.320. The van der Waals surface area contributed by atoms with E-state index in [0.717, 1.165) is 25.9 Å². The summed E-state index contributed by atoms with van der Waals surface area (Å²) in [6.45, 7) is 1.56. The minimum absolute atomic E-state index is 0.103. The van der Waals surface area contributed by atoms with Crippen LogP contribution in [-0.4, -0.2) is 58.9 Å². The number of carbonyl (C=O) groups is 3.